The summed E-state index contributed by atoms with van der Waals surface area (Å²) in [5, 5.41) is 0. The van der Waals surface area contributed by atoms with Crippen molar-refractivity contribution in [3.05, 3.63) is 29.8 Å². The van der Waals surface area contributed by atoms with E-state index in [0.29, 0.717) is 4.90 Å². The van der Waals surface area contributed by atoms with Gasteiger partial charge in [0.1, 0.15) is 0 Å². The molecule has 0 aliphatic carbocycles. The molecule has 0 amide bonds. The Morgan fingerprint density at radius 1 is 1.30 bits per heavy atom. The van der Waals surface area contributed by atoms with E-state index in [1.54, 1.807) is 12.1 Å². The maximum Gasteiger partial charge on any atom is 0.242 e. The van der Waals surface area contributed by atoms with E-state index in [0.717, 1.165) is 31.6 Å². The van der Waals surface area contributed by atoms with Crippen molar-refractivity contribution in [2.75, 3.05) is 27.2 Å². The zero-order valence-corrected chi connectivity index (χ0v) is 13.5. The zero-order chi connectivity index (χ0) is 14.0. The summed E-state index contributed by atoms with van der Waals surface area (Å²) in [7, 11) is -0.257. The fourth-order valence-electron chi connectivity index (χ4n) is 2.24. The summed E-state index contributed by atoms with van der Waals surface area (Å²) in [6.07, 6.45) is 1.03. The summed E-state index contributed by atoms with van der Waals surface area (Å²) in [5.74, 6) is 0. The molecule has 0 radical (unpaired) electrons. The number of nitrogens with two attached hydrogens (primary N) is 1. The van der Waals surface area contributed by atoms with Crippen LogP contribution in [0.3, 0.4) is 0 Å². The van der Waals surface area contributed by atoms with Gasteiger partial charge in [0.2, 0.25) is 10.0 Å². The lowest BCUT2D eigenvalue weighted by Gasteiger charge is -2.16. The number of hydrogen-bond acceptors (Lipinski definition) is 4. The van der Waals surface area contributed by atoms with E-state index in [4.69, 9.17) is 5.73 Å². The molecular formula is C13H22ClN3O2S. The summed E-state index contributed by atoms with van der Waals surface area (Å²) in [5.41, 5.74) is 6.98. The molecule has 5 nitrogen and oxygen atoms in total. The fraction of sp³-hybridized carbons (Fsp3) is 0.538. The van der Waals surface area contributed by atoms with Crippen molar-refractivity contribution in [2.24, 2.45) is 5.73 Å². The summed E-state index contributed by atoms with van der Waals surface area (Å²) in [6, 6.07) is 7.36. The van der Waals surface area contributed by atoms with Crippen molar-refractivity contribution < 1.29 is 8.42 Å². The Morgan fingerprint density at radius 2 is 1.90 bits per heavy atom. The van der Waals surface area contributed by atoms with Crippen LogP contribution in [0.15, 0.2) is 29.2 Å². The molecule has 0 spiro atoms. The Kier molecular flexibility index (Phi) is 5.97. The fourth-order valence-corrected chi connectivity index (χ4v) is 3.14. The predicted octanol–water partition coefficient (Wildman–Crippen LogP) is 0.892. The minimum absolute atomic E-state index is 0. The van der Waals surface area contributed by atoms with Gasteiger partial charge >= 0.3 is 0 Å². The van der Waals surface area contributed by atoms with Crippen LogP contribution >= 0.6 is 12.4 Å². The lowest BCUT2D eigenvalue weighted by molar-refractivity contribution is 0.327. The van der Waals surface area contributed by atoms with E-state index >= 15 is 0 Å². The molecule has 20 heavy (non-hydrogen) atoms. The molecule has 1 unspecified atom stereocenters. The van der Waals surface area contributed by atoms with E-state index in [1.807, 2.05) is 12.1 Å². The van der Waals surface area contributed by atoms with E-state index < -0.39 is 10.0 Å². The summed E-state index contributed by atoms with van der Waals surface area (Å²) in [6.45, 7) is 2.76. The second-order valence-corrected chi connectivity index (χ2v) is 7.37. The van der Waals surface area contributed by atoms with Crippen LogP contribution in [0, 0.1) is 0 Å². The molecule has 7 heteroatoms. The molecular weight excluding hydrogens is 298 g/mol. The van der Waals surface area contributed by atoms with Gasteiger partial charge in [0, 0.05) is 39.8 Å². The Bertz CT molecular complexity index is 531. The first kappa shape index (κ1) is 17.4. The molecule has 1 aromatic carbocycles. The number of rotatable bonds is 4. The molecule has 1 heterocycles. The molecule has 1 aliphatic heterocycles. The van der Waals surface area contributed by atoms with Crippen molar-refractivity contribution in [1.82, 2.24) is 9.21 Å². The molecule has 114 valence electrons. The van der Waals surface area contributed by atoms with Crippen LogP contribution in [0.5, 0.6) is 0 Å². The number of likely N-dealkylation sites (tertiary alicyclic amines) is 1. The highest BCUT2D eigenvalue weighted by molar-refractivity contribution is 7.89. The molecule has 2 rings (SSSR count). The number of halogens is 1. The number of nitrogens with zero attached hydrogens (tertiary/aromatic N) is 2. The summed E-state index contributed by atoms with van der Waals surface area (Å²) >= 11 is 0. The van der Waals surface area contributed by atoms with Gasteiger partial charge in [-0.15, -0.1) is 12.4 Å². The first-order chi connectivity index (χ1) is 8.89. The van der Waals surface area contributed by atoms with E-state index in [1.165, 1.54) is 18.4 Å². The Labute approximate surface area is 127 Å². The highest BCUT2D eigenvalue weighted by Gasteiger charge is 2.20. The van der Waals surface area contributed by atoms with Crippen molar-refractivity contribution in [2.45, 2.75) is 23.9 Å². The monoisotopic (exact) mass is 319 g/mol. The van der Waals surface area contributed by atoms with Gasteiger partial charge in [-0.25, -0.2) is 12.7 Å². The highest BCUT2D eigenvalue weighted by atomic mass is 35.5. The topological polar surface area (TPSA) is 66.6 Å². The lowest BCUT2D eigenvalue weighted by atomic mass is 10.2. The van der Waals surface area contributed by atoms with Crippen LogP contribution in [0.25, 0.3) is 0 Å². The smallest absolute Gasteiger partial charge is 0.242 e. The first-order valence-electron chi connectivity index (χ1n) is 6.39. The van der Waals surface area contributed by atoms with Crippen molar-refractivity contribution in [1.29, 1.82) is 0 Å². The number of benzene rings is 1. The normalized spacial score (nSPS) is 20.1. The molecule has 0 saturated carbocycles. The predicted molar refractivity (Wildman–Crippen MR) is 82.4 cm³/mol. The largest absolute Gasteiger partial charge is 0.326 e. The standard InChI is InChI=1S/C13H21N3O2S.ClH/c1-15(2)19(17,18)13-5-3-11(4-6-13)9-16-8-7-12(14)10-16;/h3-6,12H,7-10,14H2,1-2H3;1H. The molecule has 0 aromatic heterocycles. The van der Waals surface area contributed by atoms with Crippen LogP contribution in [0.2, 0.25) is 0 Å². The van der Waals surface area contributed by atoms with E-state index in [-0.39, 0.29) is 18.4 Å². The van der Waals surface area contributed by atoms with Gasteiger partial charge in [0.15, 0.2) is 0 Å². The van der Waals surface area contributed by atoms with Gasteiger partial charge < -0.3 is 5.73 Å². The van der Waals surface area contributed by atoms with Gasteiger partial charge in [-0.2, -0.15) is 0 Å². The van der Waals surface area contributed by atoms with Crippen molar-refractivity contribution in [3.8, 4) is 0 Å². The van der Waals surface area contributed by atoms with Crippen LogP contribution in [0.1, 0.15) is 12.0 Å². The van der Waals surface area contributed by atoms with E-state index in [2.05, 4.69) is 4.90 Å². The summed E-state index contributed by atoms with van der Waals surface area (Å²) < 4.78 is 25.1. The molecule has 1 saturated heterocycles. The number of sulfonamides is 1. The minimum atomic E-state index is -3.33. The zero-order valence-electron chi connectivity index (χ0n) is 11.8. The molecule has 1 aliphatic rings. The van der Waals surface area contributed by atoms with Gasteiger partial charge in [-0.1, -0.05) is 12.1 Å². The maximum absolute atomic E-state index is 11.9. The molecule has 1 fully saturated rings. The summed E-state index contributed by atoms with van der Waals surface area (Å²) in [4.78, 5) is 2.62. The molecule has 2 N–H and O–H groups in total. The van der Waals surface area contributed by atoms with Gasteiger partial charge in [0.05, 0.1) is 4.90 Å². The van der Waals surface area contributed by atoms with Gasteiger partial charge in [-0.05, 0) is 24.1 Å². The minimum Gasteiger partial charge on any atom is -0.326 e. The third kappa shape index (κ3) is 3.93. The Balaban J connectivity index is 0.00000200. The average molecular weight is 320 g/mol. The van der Waals surface area contributed by atoms with Gasteiger partial charge in [0.25, 0.3) is 0 Å². The van der Waals surface area contributed by atoms with Crippen LogP contribution in [-0.4, -0.2) is 50.8 Å². The van der Waals surface area contributed by atoms with Crippen LogP contribution < -0.4 is 5.73 Å². The van der Waals surface area contributed by atoms with Gasteiger partial charge in [-0.3, -0.25) is 4.90 Å². The average Bonchev–Trinajstić information content (AvgIpc) is 2.75. The van der Waals surface area contributed by atoms with Crippen LogP contribution in [-0.2, 0) is 16.6 Å². The third-order valence-corrected chi connectivity index (χ3v) is 5.25. The highest BCUT2D eigenvalue weighted by Crippen LogP contribution is 2.16. The van der Waals surface area contributed by atoms with E-state index in [9.17, 15) is 8.42 Å². The third-order valence-electron chi connectivity index (χ3n) is 3.42. The molecule has 1 atom stereocenters. The van der Waals surface area contributed by atoms with Crippen molar-refractivity contribution in [3.63, 3.8) is 0 Å². The quantitative estimate of drug-likeness (QED) is 0.895. The SMILES string of the molecule is CN(C)S(=O)(=O)c1ccc(CN2CCC(N)C2)cc1.Cl. The Morgan fingerprint density at radius 3 is 2.35 bits per heavy atom. The number of hydrogen-bond donors (Lipinski definition) is 1. The second-order valence-electron chi connectivity index (χ2n) is 5.22. The maximum atomic E-state index is 11.9. The van der Waals surface area contributed by atoms with Crippen LogP contribution in [0.4, 0.5) is 0 Å². The first-order valence-corrected chi connectivity index (χ1v) is 7.83. The van der Waals surface area contributed by atoms with Crippen molar-refractivity contribution >= 4 is 22.4 Å². The second kappa shape index (κ2) is 6.87. The lowest BCUT2D eigenvalue weighted by Crippen LogP contribution is -2.26. The molecule has 1 aromatic rings. The Hall–Kier alpha value is -0.660. The molecule has 0 bridgehead atoms.